The van der Waals surface area contributed by atoms with Crippen LogP contribution in [0.5, 0.6) is 0 Å². The molecule has 0 nitrogen and oxygen atoms in total. The van der Waals surface area contributed by atoms with Gasteiger partial charge in [-0.05, 0) is 0 Å². The highest BCUT2D eigenvalue weighted by atomic mass is 35.6. The van der Waals surface area contributed by atoms with Crippen molar-refractivity contribution >= 4 is 48.1 Å². The van der Waals surface area contributed by atoms with Gasteiger partial charge in [0, 0.05) is 0 Å². The van der Waals surface area contributed by atoms with Crippen LogP contribution in [0.4, 0.5) is 0 Å². The third-order valence-electron chi connectivity index (χ3n) is 1.45. The zero-order valence-corrected chi connectivity index (χ0v) is 11.9. The average Bonchev–Trinajstić information content (AvgIpc) is 1.58. The maximum absolute atomic E-state index is 6.21. The highest BCUT2D eigenvalue weighted by Crippen LogP contribution is 2.16. The van der Waals surface area contributed by atoms with Crippen LogP contribution < -0.4 is 0 Å². The molecule has 0 amide bonds. The van der Waals surface area contributed by atoms with Gasteiger partial charge < -0.3 is 0 Å². The van der Waals surface area contributed by atoms with E-state index in [0.29, 0.717) is 0 Å². The predicted molar refractivity (Wildman–Crippen MR) is 65.4 cm³/mol. The van der Waals surface area contributed by atoms with Crippen LogP contribution in [0.3, 0.4) is 0 Å². The molecule has 0 aromatic carbocycles. The molecule has 0 aliphatic heterocycles. The summed E-state index contributed by atoms with van der Waals surface area (Å²) < 4.78 is 0. The molecule has 0 spiro atoms. The van der Waals surface area contributed by atoms with Gasteiger partial charge in [0.1, 0.15) is 0 Å². The van der Waals surface area contributed by atoms with E-state index >= 15 is 0 Å². The molecule has 0 heterocycles. The first-order valence-electron chi connectivity index (χ1n) is 4.16. The van der Waals surface area contributed by atoms with Gasteiger partial charge >= 0.3 is 13.2 Å². The van der Waals surface area contributed by atoms with E-state index in [9.17, 15) is 0 Å². The number of hydrogen-bond acceptors (Lipinski definition) is 0. The molecular weight excluding hydrogens is 229 g/mol. The van der Waals surface area contributed by atoms with Crippen molar-refractivity contribution in [3.8, 4) is 0 Å². The molecule has 0 saturated heterocycles. The van der Waals surface area contributed by atoms with Crippen molar-refractivity contribution in [3.05, 3.63) is 0 Å². The minimum Gasteiger partial charge on any atom is -0.261 e. The molecule has 0 aliphatic carbocycles. The summed E-state index contributed by atoms with van der Waals surface area (Å²) in [4.78, 5) is 0. The molecular formula is C8H20AlCl3. The molecule has 0 saturated carbocycles. The largest absolute Gasteiger partial charge is 0.400 e. The minimum absolute atomic E-state index is 0. The van der Waals surface area contributed by atoms with Crippen LogP contribution in [0.1, 0.15) is 27.7 Å². The molecule has 0 aliphatic rings. The first kappa shape index (κ1) is 19.1. The third-order valence-corrected chi connectivity index (χ3v) is 5.43. The molecule has 0 N–H and O–H groups in total. The zero-order valence-electron chi connectivity index (χ0n) is 8.34. The summed E-state index contributed by atoms with van der Waals surface area (Å²) >= 11 is -0.846. The van der Waals surface area contributed by atoms with Crippen LogP contribution in [0.25, 0.3) is 0 Å². The average molecular weight is 250 g/mol. The molecule has 0 rings (SSSR count). The summed E-state index contributed by atoms with van der Waals surface area (Å²) in [6, 6.07) is 0. The number of halogens is 3. The maximum atomic E-state index is 6.21. The molecule has 0 fully saturated rings. The molecule has 0 radical (unpaired) electrons. The molecule has 12 heavy (non-hydrogen) atoms. The van der Waals surface area contributed by atoms with E-state index in [4.69, 9.17) is 10.0 Å². The Labute approximate surface area is 97.9 Å². The Morgan fingerprint density at radius 1 is 0.917 bits per heavy atom. The zero-order chi connectivity index (χ0) is 8.15. The second kappa shape index (κ2) is 10.5. The quantitative estimate of drug-likeness (QED) is 0.649. The van der Waals surface area contributed by atoms with Crippen LogP contribution in [-0.2, 0) is 0 Å². The van der Waals surface area contributed by atoms with Gasteiger partial charge in [0.25, 0.3) is 0 Å². The minimum atomic E-state index is -0.846. The topological polar surface area (TPSA) is 0 Å². The van der Waals surface area contributed by atoms with E-state index in [2.05, 4.69) is 27.7 Å². The fourth-order valence-electron chi connectivity index (χ4n) is 1.12. The lowest BCUT2D eigenvalue weighted by atomic mass is 10.3. The van der Waals surface area contributed by atoms with E-state index in [-0.39, 0.29) is 24.8 Å². The Hall–Kier alpha value is 1.40. The smallest absolute Gasteiger partial charge is 0.261 e. The van der Waals surface area contributed by atoms with Crippen molar-refractivity contribution in [2.75, 3.05) is 0 Å². The van der Waals surface area contributed by atoms with Gasteiger partial charge in [0.2, 0.25) is 0 Å². The van der Waals surface area contributed by atoms with E-state index in [1.54, 1.807) is 0 Å². The highest BCUT2D eigenvalue weighted by Gasteiger charge is 2.17. The van der Waals surface area contributed by atoms with Gasteiger partial charge in [-0.25, -0.2) is 0 Å². The lowest BCUT2D eigenvalue weighted by Crippen LogP contribution is -2.09. The predicted octanol–water partition coefficient (Wildman–Crippen LogP) is 4.37. The van der Waals surface area contributed by atoms with Crippen molar-refractivity contribution in [1.29, 1.82) is 0 Å². The van der Waals surface area contributed by atoms with Crippen LogP contribution in [0.2, 0.25) is 10.6 Å². The van der Waals surface area contributed by atoms with Gasteiger partial charge in [0.05, 0.1) is 0 Å². The molecule has 0 aromatic heterocycles. The second-order valence-corrected chi connectivity index (χ2v) is 7.85. The van der Waals surface area contributed by atoms with Crippen LogP contribution >= 0.6 is 34.9 Å². The van der Waals surface area contributed by atoms with Gasteiger partial charge in [-0.1, -0.05) is 50.1 Å². The first-order valence-corrected chi connectivity index (χ1v) is 7.54. The Morgan fingerprint density at radius 3 is 1.33 bits per heavy atom. The van der Waals surface area contributed by atoms with E-state index in [1.807, 2.05) is 0 Å². The summed E-state index contributed by atoms with van der Waals surface area (Å²) in [6.07, 6.45) is 0. The van der Waals surface area contributed by atoms with Crippen molar-refractivity contribution in [2.45, 2.75) is 38.3 Å². The lowest BCUT2D eigenvalue weighted by Gasteiger charge is -2.08. The van der Waals surface area contributed by atoms with Gasteiger partial charge in [0.15, 0.2) is 0 Å². The van der Waals surface area contributed by atoms with Crippen molar-refractivity contribution in [1.82, 2.24) is 0 Å². The molecule has 0 bridgehead atoms. The maximum Gasteiger partial charge on any atom is 0.400 e. The van der Waals surface area contributed by atoms with Crippen molar-refractivity contribution in [3.63, 3.8) is 0 Å². The van der Waals surface area contributed by atoms with Gasteiger partial charge in [-0.15, -0.1) is 24.8 Å². The monoisotopic (exact) mass is 248 g/mol. The summed E-state index contributed by atoms with van der Waals surface area (Å²) in [5.74, 6) is 1.60. The standard InChI is InChI=1S/2C4H9.Al.3ClH/c2*1-4(2)3;;;;/h2*4H,1H2,2-3H3;;3*1H/q;;+1;;;/p-1. The van der Waals surface area contributed by atoms with Crippen molar-refractivity contribution in [2.24, 2.45) is 11.8 Å². The van der Waals surface area contributed by atoms with Crippen LogP contribution in [0.15, 0.2) is 0 Å². The van der Waals surface area contributed by atoms with E-state index < -0.39 is 13.2 Å². The molecule has 0 atom stereocenters. The third kappa shape index (κ3) is 14.0. The lowest BCUT2D eigenvalue weighted by molar-refractivity contribution is 0.697. The van der Waals surface area contributed by atoms with Gasteiger partial charge in [-0.2, -0.15) is 0 Å². The Morgan fingerprint density at radius 2 is 1.17 bits per heavy atom. The molecule has 76 valence electrons. The first-order chi connectivity index (χ1) is 4.52. The van der Waals surface area contributed by atoms with E-state index in [0.717, 1.165) is 11.8 Å². The normalized spacial score (nSPS) is 9.25. The fraction of sp³-hybridized carbons (Fsp3) is 1.00. The Bertz CT molecular complexity index is 76.4. The SMILES string of the molecule is CC(C)[CH2][Al]([Cl])[CH2]C(C)C.Cl.Cl. The molecule has 0 unspecified atom stereocenters. The molecule has 0 aromatic rings. The van der Waals surface area contributed by atoms with E-state index in [1.165, 1.54) is 10.6 Å². The Balaban J connectivity index is -0.000000405. The highest BCUT2D eigenvalue weighted by molar-refractivity contribution is 7.06. The Kier molecular flexibility index (Phi) is 16.6. The van der Waals surface area contributed by atoms with Gasteiger partial charge in [-0.3, -0.25) is 10.0 Å². The second-order valence-electron chi connectivity index (χ2n) is 3.86. The van der Waals surface area contributed by atoms with Crippen LogP contribution in [-0.4, -0.2) is 13.2 Å². The summed E-state index contributed by atoms with van der Waals surface area (Å²) in [7, 11) is 6.21. The van der Waals surface area contributed by atoms with Crippen LogP contribution in [0, 0.1) is 11.8 Å². The molecule has 4 heteroatoms. The number of hydrogen-bond donors (Lipinski definition) is 0. The van der Waals surface area contributed by atoms with Crippen molar-refractivity contribution < 1.29 is 0 Å². The number of rotatable bonds is 4. The summed E-state index contributed by atoms with van der Waals surface area (Å²) in [6.45, 7) is 9.01. The summed E-state index contributed by atoms with van der Waals surface area (Å²) in [5, 5.41) is 2.58. The summed E-state index contributed by atoms with van der Waals surface area (Å²) in [5.41, 5.74) is 0. The fourth-order valence-corrected chi connectivity index (χ4v) is 5.50.